The lowest BCUT2D eigenvalue weighted by Crippen LogP contribution is -2.28. The van der Waals surface area contributed by atoms with Gasteiger partial charge in [0.1, 0.15) is 5.75 Å². The Morgan fingerprint density at radius 3 is 2.36 bits per heavy atom. The molecular weight excluding hydrogens is 336 g/mol. The Labute approximate surface area is 150 Å². The third-order valence-corrected chi connectivity index (χ3v) is 4.70. The van der Waals surface area contributed by atoms with Crippen molar-refractivity contribution in [3.05, 3.63) is 59.0 Å². The van der Waals surface area contributed by atoms with E-state index in [4.69, 9.17) is 4.74 Å². The zero-order valence-electron chi connectivity index (χ0n) is 14.2. The van der Waals surface area contributed by atoms with Gasteiger partial charge in [-0.3, -0.25) is 9.59 Å². The summed E-state index contributed by atoms with van der Waals surface area (Å²) in [5.41, 5.74) is 2.40. The van der Waals surface area contributed by atoms with Crippen molar-refractivity contribution in [2.45, 2.75) is 0 Å². The molecular formula is C19H18N2O3S. The number of amides is 2. The van der Waals surface area contributed by atoms with Crippen molar-refractivity contribution in [2.75, 3.05) is 31.0 Å². The van der Waals surface area contributed by atoms with Crippen LogP contribution in [-0.2, 0) is 4.79 Å². The van der Waals surface area contributed by atoms with Crippen molar-refractivity contribution in [1.29, 1.82) is 0 Å². The van der Waals surface area contributed by atoms with E-state index in [-0.39, 0.29) is 11.1 Å². The second-order valence-electron chi connectivity index (χ2n) is 5.67. The summed E-state index contributed by atoms with van der Waals surface area (Å²) in [5.74, 6) is 0.151. The number of ether oxygens (including phenoxy) is 1. The fourth-order valence-electron chi connectivity index (χ4n) is 2.51. The number of imide groups is 1. The van der Waals surface area contributed by atoms with Crippen molar-refractivity contribution >= 4 is 40.4 Å². The second kappa shape index (κ2) is 7.03. The molecule has 1 fully saturated rings. The molecule has 1 heterocycles. The van der Waals surface area contributed by atoms with Crippen LogP contribution in [0.5, 0.6) is 5.75 Å². The van der Waals surface area contributed by atoms with E-state index in [1.165, 1.54) is 7.11 Å². The molecule has 0 unspecified atom stereocenters. The van der Waals surface area contributed by atoms with Gasteiger partial charge in [-0.2, -0.15) is 0 Å². The molecule has 0 spiro atoms. The summed E-state index contributed by atoms with van der Waals surface area (Å²) in [4.78, 5) is 28.6. The van der Waals surface area contributed by atoms with Crippen LogP contribution in [0.3, 0.4) is 0 Å². The molecule has 0 atom stereocenters. The van der Waals surface area contributed by atoms with Gasteiger partial charge in [-0.15, -0.1) is 0 Å². The topological polar surface area (TPSA) is 49.9 Å². The molecule has 25 heavy (non-hydrogen) atoms. The third-order valence-electron chi connectivity index (χ3n) is 3.83. The maximum absolute atomic E-state index is 12.7. The number of anilines is 2. The first-order chi connectivity index (χ1) is 12.0. The number of thioether (sulfide) groups is 1. The van der Waals surface area contributed by atoms with Crippen LogP contribution in [0.2, 0.25) is 0 Å². The summed E-state index contributed by atoms with van der Waals surface area (Å²) >= 11 is 0.934. The van der Waals surface area contributed by atoms with Crippen LogP contribution in [0.25, 0.3) is 6.08 Å². The van der Waals surface area contributed by atoms with Crippen LogP contribution in [-0.4, -0.2) is 32.4 Å². The van der Waals surface area contributed by atoms with Gasteiger partial charge in [-0.05, 0) is 47.7 Å². The van der Waals surface area contributed by atoms with Crippen molar-refractivity contribution in [1.82, 2.24) is 0 Å². The van der Waals surface area contributed by atoms with Gasteiger partial charge in [-0.25, -0.2) is 4.90 Å². The molecule has 3 rings (SSSR count). The summed E-state index contributed by atoms with van der Waals surface area (Å²) in [6.45, 7) is 0. The van der Waals surface area contributed by atoms with Crippen molar-refractivity contribution in [3.63, 3.8) is 0 Å². The highest BCUT2D eigenvalue weighted by atomic mass is 32.2. The molecule has 0 bridgehead atoms. The Hall–Kier alpha value is -2.73. The Morgan fingerprint density at radius 2 is 1.72 bits per heavy atom. The monoisotopic (exact) mass is 354 g/mol. The summed E-state index contributed by atoms with van der Waals surface area (Å²) in [6.07, 6.45) is 1.74. The van der Waals surface area contributed by atoms with Gasteiger partial charge < -0.3 is 9.64 Å². The molecule has 2 aromatic rings. The van der Waals surface area contributed by atoms with E-state index in [1.54, 1.807) is 30.3 Å². The predicted molar refractivity (Wildman–Crippen MR) is 102 cm³/mol. The molecule has 0 N–H and O–H groups in total. The molecule has 5 nitrogen and oxygen atoms in total. The number of hydrogen-bond donors (Lipinski definition) is 0. The number of carbonyl (C=O) groups excluding carboxylic acids is 2. The highest BCUT2D eigenvalue weighted by Crippen LogP contribution is 2.39. The fraction of sp³-hybridized carbons (Fsp3) is 0.158. The molecule has 0 aliphatic carbocycles. The van der Waals surface area contributed by atoms with Crippen molar-refractivity contribution in [3.8, 4) is 5.75 Å². The summed E-state index contributed by atoms with van der Waals surface area (Å²) < 4.78 is 5.26. The molecule has 128 valence electrons. The number of methoxy groups -OCH3 is 1. The maximum atomic E-state index is 12.7. The Balaban J connectivity index is 1.90. The Morgan fingerprint density at radius 1 is 1.04 bits per heavy atom. The molecule has 0 radical (unpaired) electrons. The van der Waals surface area contributed by atoms with E-state index in [9.17, 15) is 9.59 Å². The number of hydrogen-bond acceptors (Lipinski definition) is 5. The summed E-state index contributed by atoms with van der Waals surface area (Å²) in [7, 11) is 5.45. The Bertz CT molecular complexity index is 844. The zero-order chi connectivity index (χ0) is 18.0. The average Bonchev–Trinajstić information content (AvgIpc) is 2.89. The number of para-hydroxylation sites is 2. The SMILES string of the molecule is COc1ccccc1N1C(=O)S/C(=C/c2ccc(N(C)C)cc2)C1=O. The van der Waals surface area contributed by atoms with Crippen molar-refractivity contribution in [2.24, 2.45) is 0 Å². The first kappa shape index (κ1) is 17.1. The number of benzene rings is 2. The lowest BCUT2D eigenvalue weighted by atomic mass is 10.2. The third kappa shape index (κ3) is 3.39. The van der Waals surface area contributed by atoms with Gasteiger partial charge in [-0.1, -0.05) is 24.3 Å². The first-order valence-corrected chi connectivity index (χ1v) is 8.51. The van der Waals surface area contributed by atoms with Crippen LogP contribution in [0.1, 0.15) is 5.56 Å². The minimum Gasteiger partial charge on any atom is -0.495 e. The number of rotatable bonds is 4. The highest BCUT2D eigenvalue weighted by molar-refractivity contribution is 8.19. The Kier molecular flexibility index (Phi) is 4.81. The van der Waals surface area contributed by atoms with Gasteiger partial charge in [0.05, 0.1) is 17.7 Å². The van der Waals surface area contributed by atoms with E-state index in [0.29, 0.717) is 16.3 Å². The van der Waals surface area contributed by atoms with Gasteiger partial charge >= 0.3 is 0 Å². The fourth-order valence-corrected chi connectivity index (χ4v) is 3.34. The van der Waals surface area contributed by atoms with Crippen LogP contribution in [0.15, 0.2) is 53.4 Å². The molecule has 6 heteroatoms. The van der Waals surface area contributed by atoms with Gasteiger partial charge in [0.15, 0.2) is 0 Å². The molecule has 1 saturated heterocycles. The molecule has 0 saturated carbocycles. The van der Waals surface area contributed by atoms with Gasteiger partial charge in [0.2, 0.25) is 0 Å². The lowest BCUT2D eigenvalue weighted by Gasteiger charge is -2.15. The standard InChI is InChI=1S/C19H18N2O3S/c1-20(2)14-10-8-13(9-11-14)12-17-18(22)21(19(23)25-17)15-6-4-5-7-16(15)24-3/h4-12H,1-3H3/b17-12+. The van der Waals surface area contributed by atoms with Gasteiger partial charge in [0, 0.05) is 19.8 Å². The minimum absolute atomic E-state index is 0.328. The van der Waals surface area contributed by atoms with E-state index >= 15 is 0 Å². The van der Waals surface area contributed by atoms with Crippen LogP contribution < -0.4 is 14.5 Å². The molecule has 1 aliphatic rings. The summed E-state index contributed by atoms with van der Waals surface area (Å²) in [6, 6.07) is 14.8. The van der Waals surface area contributed by atoms with E-state index in [1.807, 2.05) is 43.3 Å². The van der Waals surface area contributed by atoms with E-state index < -0.39 is 0 Å². The molecule has 1 aliphatic heterocycles. The average molecular weight is 354 g/mol. The number of nitrogens with zero attached hydrogens (tertiary/aromatic N) is 2. The zero-order valence-corrected chi connectivity index (χ0v) is 15.0. The highest BCUT2D eigenvalue weighted by Gasteiger charge is 2.37. The molecule has 2 aromatic carbocycles. The van der Waals surface area contributed by atoms with E-state index in [2.05, 4.69) is 0 Å². The largest absolute Gasteiger partial charge is 0.495 e. The van der Waals surface area contributed by atoms with Crippen molar-refractivity contribution < 1.29 is 14.3 Å². The second-order valence-corrected chi connectivity index (χ2v) is 6.67. The number of carbonyl (C=O) groups is 2. The van der Waals surface area contributed by atoms with Crippen LogP contribution in [0.4, 0.5) is 16.2 Å². The van der Waals surface area contributed by atoms with Crippen LogP contribution in [0, 0.1) is 0 Å². The lowest BCUT2D eigenvalue weighted by molar-refractivity contribution is -0.113. The normalized spacial score (nSPS) is 15.8. The maximum Gasteiger partial charge on any atom is 0.298 e. The first-order valence-electron chi connectivity index (χ1n) is 7.69. The van der Waals surface area contributed by atoms with Gasteiger partial charge in [0.25, 0.3) is 11.1 Å². The van der Waals surface area contributed by atoms with E-state index in [0.717, 1.165) is 27.9 Å². The molecule has 2 amide bonds. The quantitative estimate of drug-likeness (QED) is 0.777. The molecule has 0 aromatic heterocycles. The minimum atomic E-state index is -0.337. The van der Waals surface area contributed by atoms with Crippen LogP contribution >= 0.6 is 11.8 Å². The summed E-state index contributed by atoms with van der Waals surface area (Å²) in [5, 5.41) is -0.328. The smallest absolute Gasteiger partial charge is 0.298 e. The predicted octanol–water partition coefficient (Wildman–Crippen LogP) is 4.00.